The summed E-state index contributed by atoms with van der Waals surface area (Å²) in [4.78, 5) is 31.0. The molecular weight excluding hydrogens is 268 g/mol. The van der Waals surface area contributed by atoms with Crippen LogP contribution in [0.3, 0.4) is 0 Å². The van der Waals surface area contributed by atoms with E-state index in [1.165, 1.54) is 0 Å². The average molecular weight is 292 g/mol. The standard InChI is InChI=1S/C15H24N4O2/c1-15(2,3)17-14(21)19-8-4-7-18(9-10-19)13(20)12-5-6-16-11-12/h5-6,11,16H,4,7-10H2,1-3H3,(H,17,21). The maximum Gasteiger partial charge on any atom is 0.317 e. The quantitative estimate of drug-likeness (QED) is 0.826. The largest absolute Gasteiger partial charge is 0.367 e. The number of nitrogens with zero attached hydrogens (tertiary/aromatic N) is 2. The Kier molecular flexibility index (Phi) is 4.55. The molecule has 0 bridgehead atoms. The number of H-pyrrole nitrogens is 1. The number of aromatic amines is 1. The van der Waals surface area contributed by atoms with Crippen molar-refractivity contribution in [3.63, 3.8) is 0 Å². The normalized spacial score (nSPS) is 16.5. The molecule has 1 fully saturated rings. The highest BCUT2D eigenvalue weighted by Gasteiger charge is 2.24. The molecule has 21 heavy (non-hydrogen) atoms. The second-order valence-electron chi connectivity index (χ2n) is 6.41. The third-order valence-electron chi connectivity index (χ3n) is 3.40. The molecule has 1 saturated heterocycles. The lowest BCUT2D eigenvalue weighted by Crippen LogP contribution is -2.49. The van der Waals surface area contributed by atoms with Gasteiger partial charge in [-0.25, -0.2) is 4.79 Å². The molecule has 2 rings (SSSR count). The Hall–Kier alpha value is -1.98. The van der Waals surface area contributed by atoms with Crippen LogP contribution < -0.4 is 5.32 Å². The Morgan fingerprint density at radius 3 is 2.43 bits per heavy atom. The zero-order chi connectivity index (χ0) is 15.5. The number of aromatic nitrogens is 1. The van der Waals surface area contributed by atoms with E-state index in [9.17, 15) is 9.59 Å². The van der Waals surface area contributed by atoms with Gasteiger partial charge in [-0.3, -0.25) is 4.79 Å². The fraction of sp³-hybridized carbons (Fsp3) is 0.600. The third kappa shape index (κ3) is 4.24. The Morgan fingerprint density at radius 1 is 1.14 bits per heavy atom. The minimum absolute atomic E-state index is 0.0225. The second-order valence-corrected chi connectivity index (χ2v) is 6.41. The van der Waals surface area contributed by atoms with Crippen molar-refractivity contribution in [2.75, 3.05) is 26.2 Å². The van der Waals surface area contributed by atoms with Crippen LogP contribution in [-0.4, -0.2) is 58.4 Å². The van der Waals surface area contributed by atoms with Gasteiger partial charge in [0, 0.05) is 44.1 Å². The summed E-state index contributed by atoms with van der Waals surface area (Å²) in [6.07, 6.45) is 4.25. The summed E-state index contributed by atoms with van der Waals surface area (Å²) in [7, 11) is 0. The molecule has 6 heteroatoms. The lowest BCUT2D eigenvalue weighted by molar-refractivity contribution is 0.0762. The summed E-state index contributed by atoms with van der Waals surface area (Å²) < 4.78 is 0. The van der Waals surface area contributed by atoms with Crippen molar-refractivity contribution >= 4 is 11.9 Å². The predicted octanol–water partition coefficient (Wildman–Crippen LogP) is 1.67. The molecule has 1 aromatic rings. The zero-order valence-corrected chi connectivity index (χ0v) is 13.0. The van der Waals surface area contributed by atoms with Crippen LogP contribution in [0.2, 0.25) is 0 Å². The first-order valence-electron chi connectivity index (χ1n) is 7.36. The Bertz CT molecular complexity index is 490. The summed E-state index contributed by atoms with van der Waals surface area (Å²) in [5, 5.41) is 2.97. The van der Waals surface area contributed by atoms with E-state index in [-0.39, 0.29) is 17.5 Å². The minimum Gasteiger partial charge on any atom is -0.367 e. The van der Waals surface area contributed by atoms with Crippen LogP contribution in [0.4, 0.5) is 4.79 Å². The lowest BCUT2D eigenvalue weighted by atomic mass is 10.1. The van der Waals surface area contributed by atoms with E-state index >= 15 is 0 Å². The smallest absolute Gasteiger partial charge is 0.317 e. The molecule has 0 atom stereocenters. The van der Waals surface area contributed by atoms with Gasteiger partial charge in [-0.05, 0) is 33.3 Å². The van der Waals surface area contributed by atoms with Crippen molar-refractivity contribution in [1.29, 1.82) is 0 Å². The second kappa shape index (κ2) is 6.20. The minimum atomic E-state index is -0.246. The number of carbonyl (C=O) groups is 2. The van der Waals surface area contributed by atoms with E-state index in [4.69, 9.17) is 0 Å². The maximum atomic E-state index is 12.3. The zero-order valence-electron chi connectivity index (χ0n) is 13.0. The molecule has 6 nitrogen and oxygen atoms in total. The topological polar surface area (TPSA) is 68.4 Å². The van der Waals surface area contributed by atoms with Crippen LogP contribution in [0.15, 0.2) is 18.5 Å². The molecule has 1 aliphatic rings. The molecule has 2 heterocycles. The number of nitrogens with one attached hydrogen (secondary N) is 2. The van der Waals surface area contributed by atoms with Crippen molar-refractivity contribution in [3.05, 3.63) is 24.0 Å². The van der Waals surface area contributed by atoms with Crippen molar-refractivity contribution in [1.82, 2.24) is 20.1 Å². The molecule has 0 saturated carbocycles. The van der Waals surface area contributed by atoms with Gasteiger partial charge in [-0.15, -0.1) is 0 Å². The number of hydrogen-bond acceptors (Lipinski definition) is 2. The van der Waals surface area contributed by atoms with E-state index in [0.717, 1.165) is 6.42 Å². The fourth-order valence-electron chi connectivity index (χ4n) is 2.36. The maximum absolute atomic E-state index is 12.3. The first kappa shape index (κ1) is 15.4. The molecule has 1 aliphatic heterocycles. The van der Waals surface area contributed by atoms with Crippen molar-refractivity contribution in [2.24, 2.45) is 0 Å². The Balaban J connectivity index is 1.93. The Labute approximate surface area is 125 Å². The van der Waals surface area contributed by atoms with E-state index in [0.29, 0.717) is 31.7 Å². The van der Waals surface area contributed by atoms with Crippen LogP contribution in [0, 0.1) is 0 Å². The average Bonchev–Trinajstić information content (AvgIpc) is 2.80. The lowest BCUT2D eigenvalue weighted by Gasteiger charge is -2.27. The van der Waals surface area contributed by atoms with Gasteiger partial charge in [0.15, 0.2) is 0 Å². The molecule has 0 aromatic carbocycles. The van der Waals surface area contributed by atoms with Crippen molar-refractivity contribution in [2.45, 2.75) is 32.7 Å². The molecule has 0 unspecified atom stereocenters. The first-order chi connectivity index (χ1) is 9.87. The van der Waals surface area contributed by atoms with E-state index in [1.807, 2.05) is 25.7 Å². The monoisotopic (exact) mass is 292 g/mol. The highest BCUT2D eigenvalue weighted by atomic mass is 16.2. The van der Waals surface area contributed by atoms with E-state index in [1.54, 1.807) is 23.4 Å². The van der Waals surface area contributed by atoms with Gasteiger partial charge in [0.05, 0.1) is 5.56 Å². The summed E-state index contributed by atoms with van der Waals surface area (Å²) in [6.45, 7) is 8.39. The number of urea groups is 1. The van der Waals surface area contributed by atoms with Crippen LogP contribution in [0.25, 0.3) is 0 Å². The van der Waals surface area contributed by atoms with E-state index in [2.05, 4.69) is 10.3 Å². The van der Waals surface area contributed by atoms with Gasteiger partial charge in [0.25, 0.3) is 5.91 Å². The van der Waals surface area contributed by atoms with Crippen LogP contribution >= 0.6 is 0 Å². The highest BCUT2D eigenvalue weighted by Crippen LogP contribution is 2.10. The summed E-state index contributed by atoms with van der Waals surface area (Å²) >= 11 is 0. The third-order valence-corrected chi connectivity index (χ3v) is 3.40. The molecule has 3 amide bonds. The van der Waals surface area contributed by atoms with Crippen molar-refractivity contribution < 1.29 is 9.59 Å². The molecule has 2 N–H and O–H groups in total. The fourth-order valence-corrected chi connectivity index (χ4v) is 2.36. The molecule has 0 spiro atoms. The highest BCUT2D eigenvalue weighted by molar-refractivity contribution is 5.94. The summed E-state index contributed by atoms with van der Waals surface area (Å²) in [5.74, 6) is 0.0225. The van der Waals surface area contributed by atoms with Gasteiger partial charge >= 0.3 is 6.03 Å². The predicted molar refractivity (Wildman–Crippen MR) is 81.2 cm³/mol. The number of rotatable bonds is 1. The Morgan fingerprint density at radius 2 is 1.81 bits per heavy atom. The van der Waals surface area contributed by atoms with Crippen LogP contribution in [-0.2, 0) is 0 Å². The number of hydrogen-bond donors (Lipinski definition) is 2. The summed E-state index contributed by atoms with van der Waals surface area (Å²) in [6, 6.07) is 1.72. The van der Waals surface area contributed by atoms with Gasteiger partial charge in [-0.2, -0.15) is 0 Å². The first-order valence-corrected chi connectivity index (χ1v) is 7.36. The van der Waals surface area contributed by atoms with Gasteiger partial charge < -0.3 is 20.1 Å². The number of carbonyl (C=O) groups excluding carboxylic acids is 2. The van der Waals surface area contributed by atoms with Gasteiger partial charge in [0.1, 0.15) is 0 Å². The molecule has 0 aliphatic carbocycles. The van der Waals surface area contributed by atoms with Crippen molar-refractivity contribution in [3.8, 4) is 0 Å². The van der Waals surface area contributed by atoms with Crippen LogP contribution in [0.5, 0.6) is 0 Å². The van der Waals surface area contributed by atoms with Gasteiger partial charge in [-0.1, -0.05) is 0 Å². The molecular formula is C15H24N4O2. The molecule has 0 radical (unpaired) electrons. The molecule has 116 valence electrons. The van der Waals surface area contributed by atoms with Gasteiger partial charge in [0.2, 0.25) is 0 Å². The molecule has 1 aromatic heterocycles. The summed E-state index contributed by atoms with van der Waals surface area (Å²) in [5.41, 5.74) is 0.423. The van der Waals surface area contributed by atoms with E-state index < -0.39 is 0 Å². The van der Waals surface area contributed by atoms with Crippen LogP contribution in [0.1, 0.15) is 37.6 Å². The number of amides is 3. The SMILES string of the molecule is CC(C)(C)NC(=O)N1CCCN(C(=O)c2cc[nH]c2)CC1.